The minimum atomic E-state index is -1.08. The van der Waals surface area contributed by atoms with Crippen LogP contribution in [-0.4, -0.2) is 30.3 Å². The van der Waals surface area contributed by atoms with Crippen LogP contribution in [0.1, 0.15) is 41.9 Å². The molecule has 152 valence electrons. The summed E-state index contributed by atoms with van der Waals surface area (Å²) in [5.74, 6) is 1.40. The molecule has 0 unspecified atom stereocenters. The van der Waals surface area contributed by atoms with Gasteiger partial charge in [-0.1, -0.05) is 42.0 Å². The van der Waals surface area contributed by atoms with Crippen molar-refractivity contribution in [3.05, 3.63) is 84.4 Å². The molecule has 0 aliphatic rings. The highest BCUT2D eigenvalue weighted by molar-refractivity contribution is 5.21. The van der Waals surface area contributed by atoms with Gasteiger partial charge in [0.05, 0.1) is 6.54 Å². The molecule has 0 aliphatic carbocycles. The minimum absolute atomic E-state index is 0.424. The predicted molar refractivity (Wildman–Crippen MR) is 114 cm³/mol. The standard InChI is InChI=1S/C24H33NO3/c1-5-14-24(26,15-6-2)23-13-12-22(28-23)19-25(16-7-17-27-4)18-21-10-8-20(3)9-11-21/h5-6,8-13,26H,1-2,7,14-19H2,3-4H3. The van der Waals surface area contributed by atoms with Crippen LogP contribution in [-0.2, 0) is 23.4 Å². The Hall–Kier alpha value is -2.14. The van der Waals surface area contributed by atoms with E-state index >= 15 is 0 Å². The Morgan fingerprint density at radius 2 is 1.75 bits per heavy atom. The number of rotatable bonds is 13. The van der Waals surface area contributed by atoms with Gasteiger partial charge in [-0.3, -0.25) is 4.90 Å². The predicted octanol–water partition coefficient (Wildman–Crippen LogP) is 4.97. The maximum atomic E-state index is 10.9. The fraction of sp³-hybridized carbons (Fsp3) is 0.417. The first-order valence-corrected chi connectivity index (χ1v) is 9.81. The summed E-state index contributed by atoms with van der Waals surface area (Å²) < 4.78 is 11.2. The van der Waals surface area contributed by atoms with Crippen molar-refractivity contribution < 1.29 is 14.3 Å². The summed E-state index contributed by atoms with van der Waals surface area (Å²) in [5.41, 5.74) is 1.44. The number of furan rings is 1. The van der Waals surface area contributed by atoms with Gasteiger partial charge in [0, 0.05) is 39.6 Å². The van der Waals surface area contributed by atoms with Crippen LogP contribution in [0.4, 0.5) is 0 Å². The molecule has 0 fully saturated rings. The quantitative estimate of drug-likeness (QED) is 0.392. The first kappa shape index (κ1) is 22.2. The average molecular weight is 384 g/mol. The lowest BCUT2D eigenvalue weighted by molar-refractivity contribution is 0.0186. The Balaban J connectivity index is 2.12. The number of hydrogen-bond donors (Lipinski definition) is 1. The second-order valence-electron chi connectivity index (χ2n) is 7.33. The zero-order valence-corrected chi connectivity index (χ0v) is 17.2. The molecule has 0 atom stereocenters. The SMILES string of the molecule is C=CCC(O)(CC=C)c1ccc(CN(CCCOC)Cc2ccc(C)cc2)o1. The third kappa shape index (κ3) is 6.48. The van der Waals surface area contributed by atoms with Crippen molar-refractivity contribution in [2.24, 2.45) is 0 Å². The summed E-state index contributed by atoms with van der Waals surface area (Å²) >= 11 is 0. The van der Waals surface area contributed by atoms with Gasteiger partial charge in [-0.05, 0) is 31.0 Å². The molecule has 1 aromatic heterocycles. The van der Waals surface area contributed by atoms with E-state index in [-0.39, 0.29) is 0 Å². The van der Waals surface area contributed by atoms with Crippen LogP contribution in [0.2, 0.25) is 0 Å². The molecule has 4 heteroatoms. The highest BCUT2D eigenvalue weighted by Crippen LogP contribution is 2.31. The zero-order valence-electron chi connectivity index (χ0n) is 17.2. The molecule has 28 heavy (non-hydrogen) atoms. The van der Waals surface area contributed by atoms with Gasteiger partial charge < -0.3 is 14.3 Å². The Morgan fingerprint density at radius 1 is 1.07 bits per heavy atom. The minimum Gasteiger partial charge on any atom is -0.462 e. The molecule has 2 aromatic rings. The Kier molecular flexibility index (Phi) is 8.71. The van der Waals surface area contributed by atoms with Crippen LogP contribution in [0.15, 0.2) is 66.1 Å². The summed E-state index contributed by atoms with van der Waals surface area (Å²) in [4.78, 5) is 2.34. The average Bonchev–Trinajstić information content (AvgIpc) is 3.13. The van der Waals surface area contributed by atoms with E-state index in [1.165, 1.54) is 11.1 Å². The smallest absolute Gasteiger partial charge is 0.136 e. The Bertz CT molecular complexity index is 723. The second-order valence-corrected chi connectivity index (χ2v) is 7.33. The largest absolute Gasteiger partial charge is 0.462 e. The van der Waals surface area contributed by atoms with Crippen LogP contribution >= 0.6 is 0 Å². The first-order chi connectivity index (χ1) is 13.5. The maximum Gasteiger partial charge on any atom is 0.136 e. The number of nitrogens with zero attached hydrogens (tertiary/aromatic N) is 1. The maximum absolute atomic E-state index is 10.9. The molecule has 2 rings (SSSR count). The third-order valence-electron chi connectivity index (χ3n) is 4.81. The number of hydrogen-bond acceptors (Lipinski definition) is 4. The highest BCUT2D eigenvalue weighted by atomic mass is 16.5. The summed E-state index contributed by atoms with van der Waals surface area (Å²) in [6.45, 7) is 12.7. The van der Waals surface area contributed by atoms with Crippen LogP contribution in [0.3, 0.4) is 0 Å². The van der Waals surface area contributed by atoms with Crippen molar-refractivity contribution >= 4 is 0 Å². The van der Waals surface area contributed by atoms with Crippen molar-refractivity contribution in [2.75, 3.05) is 20.3 Å². The number of benzene rings is 1. The normalized spacial score (nSPS) is 11.7. The first-order valence-electron chi connectivity index (χ1n) is 9.81. The van der Waals surface area contributed by atoms with Crippen molar-refractivity contribution in [2.45, 2.75) is 44.9 Å². The highest BCUT2D eigenvalue weighted by Gasteiger charge is 2.30. The molecule has 0 aliphatic heterocycles. The second kappa shape index (κ2) is 11.0. The molecule has 4 nitrogen and oxygen atoms in total. The van der Waals surface area contributed by atoms with Gasteiger partial charge in [-0.2, -0.15) is 0 Å². The third-order valence-corrected chi connectivity index (χ3v) is 4.81. The molecule has 0 saturated heterocycles. The van der Waals surface area contributed by atoms with Gasteiger partial charge in [-0.15, -0.1) is 13.2 Å². The fourth-order valence-corrected chi connectivity index (χ4v) is 3.29. The van der Waals surface area contributed by atoms with Crippen LogP contribution in [0.5, 0.6) is 0 Å². The van der Waals surface area contributed by atoms with E-state index in [4.69, 9.17) is 9.15 Å². The van der Waals surface area contributed by atoms with Crippen molar-refractivity contribution in [3.63, 3.8) is 0 Å². The van der Waals surface area contributed by atoms with E-state index in [1.807, 2.05) is 12.1 Å². The Morgan fingerprint density at radius 3 is 2.36 bits per heavy atom. The van der Waals surface area contributed by atoms with E-state index in [9.17, 15) is 5.11 Å². The summed E-state index contributed by atoms with van der Waals surface area (Å²) in [6, 6.07) is 12.4. The lowest BCUT2D eigenvalue weighted by Crippen LogP contribution is -2.25. The molecule has 1 aromatic carbocycles. The summed E-state index contributed by atoms with van der Waals surface area (Å²) in [5, 5.41) is 10.9. The van der Waals surface area contributed by atoms with Gasteiger partial charge in [-0.25, -0.2) is 0 Å². The van der Waals surface area contributed by atoms with Crippen molar-refractivity contribution in [1.29, 1.82) is 0 Å². The summed E-state index contributed by atoms with van der Waals surface area (Å²) in [6.07, 6.45) is 5.22. The molecule has 0 spiro atoms. The molecule has 1 heterocycles. The molecule has 0 amide bonds. The molecular weight excluding hydrogens is 350 g/mol. The van der Waals surface area contributed by atoms with Crippen molar-refractivity contribution in [1.82, 2.24) is 4.90 Å². The van der Waals surface area contributed by atoms with Crippen LogP contribution in [0.25, 0.3) is 0 Å². The van der Waals surface area contributed by atoms with E-state index in [0.29, 0.717) is 25.1 Å². The lowest BCUT2D eigenvalue weighted by atomic mass is 9.93. The summed E-state index contributed by atoms with van der Waals surface area (Å²) in [7, 11) is 1.73. The topological polar surface area (TPSA) is 45.8 Å². The molecular formula is C24H33NO3. The number of aliphatic hydroxyl groups is 1. The monoisotopic (exact) mass is 383 g/mol. The van der Waals surface area contributed by atoms with Gasteiger partial charge >= 0.3 is 0 Å². The lowest BCUT2D eigenvalue weighted by Gasteiger charge is -2.24. The zero-order chi connectivity index (χ0) is 20.4. The van der Waals surface area contributed by atoms with Gasteiger partial charge in [0.1, 0.15) is 17.1 Å². The Labute approximate surface area is 169 Å². The molecule has 1 N–H and O–H groups in total. The van der Waals surface area contributed by atoms with E-state index in [0.717, 1.165) is 31.9 Å². The van der Waals surface area contributed by atoms with Gasteiger partial charge in [0.2, 0.25) is 0 Å². The molecule has 0 radical (unpaired) electrons. The van der Waals surface area contributed by atoms with Crippen LogP contribution in [0, 0.1) is 6.92 Å². The van der Waals surface area contributed by atoms with E-state index in [2.05, 4.69) is 49.2 Å². The fourth-order valence-electron chi connectivity index (χ4n) is 3.29. The van der Waals surface area contributed by atoms with E-state index in [1.54, 1.807) is 19.3 Å². The molecule has 0 saturated carbocycles. The number of ether oxygens (including phenoxy) is 1. The number of aryl methyl sites for hydroxylation is 1. The number of methoxy groups -OCH3 is 1. The van der Waals surface area contributed by atoms with Gasteiger partial charge in [0.15, 0.2) is 0 Å². The van der Waals surface area contributed by atoms with Crippen molar-refractivity contribution in [3.8, 4) is 0 Å². The van der Waals surface area contributed by atoms with Crippen LogP contribution < -0.4 is 0 Å². The van der Waals surface area contributed by atoms with E-state index < -0.39 is 5.60 Å². The van der Waals surface area contributed by atoms with Gasteiger partial charge in [0.25, 0.3) is 0 Å². The molecule has 0 bridgehead atoms.